The highest BCUT2D eigenvalue weighted by atomic mass is 16.3. The molecule has 0 saturated heterocycles. The monoisotopic (exact) mass is 151 g/mol. The van der Waals surface area contributed by atoms with Gasteiger partial charge in [-0.15, -0.1) is 4.91 Å². The molecule has 0 aromatic heterocycles. The molecule has 0 spiro atoms. The van der Waals surface area contributed by atoms with E-state index in [1.165, 1.54) is 6.07 Å². The number of nitrogens with zero attached hydrogens (tertiary/aromatic N) is 1. The van der Waals surface area contributed by atoms with Crippen LogP contribution in [0, 0.1) is 18.8 Å². The molecule has 1 aromatic rings. The van der Waals surface area contributed by atoms with E-state index in [0.29, 0.717) is 0 Å². The van der Waals surface area contributed by atoms with Gasteiger partial charge in [0.05, 0.1) is 0 Å². The van der Waals surface area contributed by atoms with E-state index in [1.807, 2.05) is 13.8 Å². The first-order valence-corrected chi connectivity index (χ1v) is 3.28. The number of phenolic OH excluding ortho intramolecular Hbond substituents is 1. The topological polar surface area (TPSA) is 49.7 Å². The summed E-state index contributed by atoms with van der Waals surface area (Å²) in [7, 11) is 0. The van der Waals surface area contributed by atoms with Gasteiger partial charge in [-0.1, -0.05) is 0 Å². The molecule has 0 fully saturated rings. The van der Waals surface area contributed by atoms with Gasteiger partial charge in [-0.25, -0.2) is 0 Å². The number of hydrogen-bond donors (Lipinski definition) is 1. The molecule has 58 valence electrons. The number of hydrogen-bond acceptors (Lipinski definition) is 3. The molecule has 0 saturated carbocycles. The minimum absolute atomic E-state index is 0.0527. The molecular weight excluding hydrogens is 142 g/mol. The number of rotatable bonds is 1. The fourth-order valence-electron chi connectivity index (χ4n) is 0.859. The molecule has 0 aliphatic carbocycles. The Morgan fingerprint density at radius 1 is 1.27 bits per heavy atom. The highest BCUT2D eigenvalue weighted by molar-refractivity contribution is 5.54. The standard InChI is InChI=1S/C8H9NO2/c1-5-3-7(9-11)8(10)4-6(5)2/h3-4,10H,1-2H3. The minimum Gasteiger partial charge on any atom is -0.506 e. The Balaban J connectivity index is 3.31. The Morgan fingerprint density at radius 3 is 2.36 bits per heavy atom. The van der Waals surface area contributed by atoms with E-state index in [0.717, 1.165) is 11.1 Å². The first-order chi connectivity index (χ1) is 5.15. The number of benzene rings is 1. The van der Waals surface area contributed by atoms with Crippen molar-refractivity contribution in [3.8, 4) is 5.75 Å². The molecule has 0 unspecified atom stereocenters. The third kappa shape index (κ3) is 1.37. The Bertz CT molecular complexity index is 294. The smallest absolute Gasteiger partial charge is 0.149 e. The van der Waals surface area contributed by atoms with Crippen LogP contribution in [-0.2, 0) is 0 Å². The van der Waals surface area contributed by atoms with Crippen molar-refractivity contribution >= 4 is 5.69 Å². The first-order valence-electron chi connectivity index (χ1n) is 3.28. The van der Waals surface area contributed by atoms with E-state index in [1.54, 1.807) is 6.07 Å². The van der Waals surface area contributed by atoms with Gasteiger partial charge in [-0.2, -0.15) is 0 Å². The molecule has 1 N–H and O–H groups in total. The molecule has 11 heavy (non-hydrogen) atoms. The number of nitroso groups, excluding NO2 is 1. The van der Waals surface area contributed by atoms with Crippen molar-refractivity contribution in [1.29, 1.82) is 0 Å². The van der Waals surface area contributed by atoms with Gasteiger partial charge >= 0.3 is 0 Å². The Labute approximate surface area is 64.7 Å². The van der Waals surface area contributed by atoms with Crippen LogP contribution in [0.4, 0.5) is 5.69 Å². The van der Waals surface area contributed by atoms with Crippen molar-refractivity contribution in [3.05, 3.63) is 28.2 Å². The van der Waals surface area contributed by atoms with Crippen molar-refractivity contribution in [3.63, 3.8) is 0 Å². The summed E-state index contributed by atoms with van der Waals surface area (Å²) in [5.41, 5.74) is 2.01. The average Bonchev–Trinajstić information content (AvgIpc) is 1.97. The van der Waals surface area contributed by atoms with Crippen LogP contribution in [0.25, 0.3) is 0 Å². The summed E-state index contributed by atoms with van der Waals surface area (Å²) in [6, 6.07) is 3.10. The van der Waals surface area contributed by atoms with Gasteiger partial charge in [0.2, 0.25) is 0 Å². The third-order valence-electron chi connectivity index (χ3n) is 1.69. The predicted octanol–water partition coefficient (Wildman–Crippen LogP) is 2.41. The van der Waals surface area contributed by atoms with Gasteiger partial charge in [0.25, 0.3) is 0 Å². The molecule has 0 aliphatic heterocycles. The second-order valence-electron chi connectivity index (χ2n) is 2.52. The molecule has 1 aromatic carbocycles. The van der Waals surface area contributed by atoms with E-state index < -0.39 is 0 Å². The lowest BCUT2D eigenvalue weighted by Crippen LogP contribution is -1.79. The maximum absolute atomic E-state index is 10.1. The molecule has 0 bridgehead atoms. The van der Waals surface area contributed by atoms with Crippen molar-refractivity contribution < 1.29 is 5.11 Å². The van der Waals surface area contributed by atoms with Crippen LogP contribution in [0.5, 0.6) is 5.75 Å². The lowest BCUT2D eigenvalue weighted by Gasteiger charge is -2.00. The molecule has 0 radical (unpaired) electrons. The van der Waals surface area contributed by atoms with E-state index in [2.05, 4.69) is 5.18 Å². The summed E-state index contributed by atoms with van der Waals surface area (Å²) in [5, 5.41) is 11.8. The van der Waals surface area contributed by atoms with Gasteiger partial charge < -0.3 is 5.11 Å². The molecule has 0 atom stereocenters. The van der Waals surface area contributed by atoms with Crippen LogP contribution in [0.3, 0.4) is 0 Å². The summed E-state index contributed by atoms with van der Waals surface area (Å²) < 4.78 is 0. The van der Waals surface area contributed by atoms with Gasteiger partial charge in [0, 0.05) is 0 Å². The number of phenols is 1. The summed E-state index contributed by atoms with van der Waals surface area (Å²) >= 11 is 0. The quantitative estimate of drug-likeness (QED) is 0.626. The van der Waals surface area contributed by atoms with E-state index in [4.69, 9.17) is 5.11 Å². The molecule has 0 amide bonds. The Morgan fingerprint density at radius 2 is 1.82 bits per heavy atom. The second-order valence-corrected chi connectivity index (χ2v) is 2.52. The van der Waals surface area contributed by atoms with E-state index in [9.17, 15) is 4.91 Å². The second kappa shape index (κ2) is 2.70. The van der Waals surface area contributed by atoms with Crippen molar-refractivity contribution in [1.82, 2.24) is 0 Å². The summed E-state index contributed by atoms with van der Waals surface area (Å²) in [6.07, 6.45) is 0. The number of aromatic hydroxyl groups is 1. The van der Waals surface area contributed by atoms with Crippen LogP contribution in [0.2, 0.25) is 0 Å². The zero-order valence-electron chi connectivity index (χ0n) is 6.46. The number of aryl methyl sites for hydroxylation is 2. The molecule has 0 aliphatic rings. The first kappa shape index (κ1) is 7.72. The normalized spacial score (nSPS) is 9.64. The zero-order chi connectivity index (χ0) is 8.43. The van der Waals surface area contributed by atoms with Crippen molar-refractivity contribution in [2.75, 3.05) is 0 Å². The third-order valence-corrected chi connectivity index (χ3v) is 1.69. The molecule has 1 rings (SSSR count). The highest BCUT2D eigenvalue weighted by Crippen LogP contribution is 2.28. The summed E-state index contributed by atoms with van der Waals surface area (Å²) in [6.45, 7) is 3.73. The fraction of sp³-hybridized carbons (Fsp3) is 0.250. The lowest BCUT2D eigenvalue weighted by atomic mass is 10.1. The maximum atomic E-state index is 10.1. The lowest BCUT2D eigenvalue weighted by molar-refractivity contribution is 0.476. The van der Waals surface area contributed by atoms with Gasteiger partial charge in [-0.05, 0) is 42.3 Å². The minimum atomic E-state index is -0.0527. The van der Waals surface area contributed by atoms with Gasteiger partial charge in [-0.3, -0.25) is 0 Å². The highest BCUT2D eigenvalue weighted by Gasteiger charge is 2.02. The largest absolute Gasteiger partial charge is 0.506 e. The SMILES string of the molecule is Cc1cc(O)c(N=O)cc1C. The van der Waals surface area contributed by atoms with Gasteiger partial charge in [0.15, 0.2) is 0 Å². The zero-order valence-corrected chi connectivity index (χ0v) is 6.46. The average molecular weight is 151 g/mol. The molecule has 0 heterocycles. The van der Waals surface area contributed by atoms with Crippen LogP contribution in [0.15, 0.2) is 17.3 Å². The van der Waals surface area contributed by atoms with Crippen LogP contribution >= 0.6 is 0 Å². The Hall–Kier alpha value is -1.38. The summed E-state index contributed by atoms with van der Waals surface area (Å²) in [4.78, 5) is 10.1. The van der Waals surface area contributed by atoms with Crippen molar-refractivity contribution in [2.45, 2.75) is 13.8 Å². The molecular formula is C8H9NO2. The Kier molecular flexibility index (Phi) is 1.89. The predicted molar refractivity (Wildman–Crippen MR) is 43.0 cm³/mol. The van der Waals surface area contributed by atoms with Crippen molar-refractivity contribution in [2.24, 2.45) is 5.18 Å². The van der Waals surface area contributed by atoms with Gasteiger partial charge in [0.1, 0.15) is 11.4 Å². The fourth-order valence-corrected chi connectivity index (χ4v) is 0.859. The summed E-state index contributed by atoms with van der Waals surface area (Å²) in [5.74, 6) is -0.0527. The molecule has 3 nitrogen and oxygen atoms in total. The van der Waals surface area contributed by atoms with E-state index >= 15 is 0 Å². The van der Waals surface area contributed by atoms with Crippen LogP contribution in [-0.4, -0.2) is 5.11 Å². The van der Waals surface area contributed by atoms with Crippen LogP contribution < -0.4 is 0 Å². The molecule has 3 heteroatoms. The van der Waals surface area contributed by atoms with Crippen LogP contribution in [0.1, 0.15) is 11.1 Å². The maximum Gasteiger partial charge on any atom is 0.149 e. The van der Waals surface area contributed by atoms with E-state index in [-0.39, 0.29) is 11.4 Å².